The summed E-state index contributed by atoms with van der Waals surface area (Å²) in [5.41, 5.74) is 11.1. The Balaban J connectivity index is 2.16. The van der Waals surface area contributed by atoms with Crippen LogP contribution < -0.4 is 5.73 Å². The fraction of sp³-hybridized carbons (Fsp3) is 0.250. The monoisotopic (exact) mass is 259 g/mol. The Morgan fingerprint density at radius 2 is 1.72 bits per heavy atom. The molecule has 0 saturated carbocycles. The van der Waals surface area contributed by atoms with Gasteiger partial charge in [0.1, 0.15) is 0 Å². The van der Waals surface area contributed by atoms with Crippen LogP contribution in [0.4, 0.5) is 0 Å². The van der Waals surface area contributed by atoms with Crippen molar-refractivity contribution in [3.63, 3.8) is 0 Å². The standard InChI is InChI=1S/C16H18ClN/c1-11-3-5-13(6-4-11)10-16(18)15-8-7-14(17)9-12(15)2/h3-9,16H,10,18H2,1-2H3. The van der Waals surface area contributed by atoms with Gasteiger partial charge in [0.05, 0.1) is 0 Å². The average molecular weight is 260 g/mol. The van der Waals surface area contributed by atoms with Crippen molar-refractivity contribution in [2.75, 3.05) is 0 Å². The number of hydrogen-bond acceptors (Lipinski definition) is 1. The zero-order valence-corrected chi connectivity index (χ0v) is 11.5. The molecule has 0 aliphatic heterocycles. The summed E-state index contributed by atoms with van der Waals surface area (Å²) >= 11 is 5.96. The van der Waals surface area contributed by atoms with E-state index in [4.69, 9.17) is 17.3 Å². The molecular formula is C16H18ClN. The van der Waals surface area contributed by atoms with Crippen molar-refractivity contribution in [3.8, 4) is 0 Å². The molecule has 0 heterocycles. The van der Waals surface area contributed by atoms with Gasteiger partial charge in [0, 0.05) is 11.1 Å². The zero-order chi connectivity index (χ0) is 13.1. The van der Waals surface area contributed by atoms with Crippen LogP contribution in [0.3, 0.4) is 0 Å². The summed E-state index contributed by atoms with van der Waals surface area (Å²) < 4.78 is 0. The SMILES string of the molecule is Cc1ccc(CC(N)c2ccc(Cl)cc2C)cc1. The Morgan fingerprint density at radius 1 is 1.06 bits per heavy atom. The van der Waals surface area contributed by atoms with Crippen LogP contribution >= 0.6 is 11.6 Å². The summed E-state index contributed by atoms with van der Waals surface area (Å²) in [7, 11) is 0. The van der Waals surface area contributed by atoms with Crippen LogP contribution in [0.25, 0.3) is 0 Å². The second kappa shape index (κ2) is 5.55. The lowest BCUT2D eigenvalue weighted by atomic mass is 9.96. The first-order valence-electron chi connectivity index (χ1n) is 6.13. The molecule has 2 aromatic carbocycles. The smallest absolute Gasteiger partial charge is 0.0408 e. The van der Waals surface area contributed by atoms with Crippen molar-refractivity contribution in [1.29, 1.82) is 0 Å². The van der Waals surface area contributed by atoms with E-state index in [9.17, 15) is 0 Å². The maximum Gasteiger partial charge on any atom is 0.0408 e. The highest BCUT2D eigenvalue weighted by atomic mass is 35.5. The average Bonchev–Trinajstić information content (AvgIpc) is 2.32. The number of halogens is 1. The molecule has 1 atom stereocenters. The highest BCUT2D eigenvalue weighted by Crippen LogP contribution is 2.22. The lowest BCUT2D eigenvalue weighted by molar-refractivity contribution is 0.716. The van der Waals surface area contributed by atoms with Crippen molar-refractivity contribution in [2.24, 2.45) is 5.73 Å². The van der Waals surface area contributed by atoms with Gasteiger partial charge in [-0.15, -0.1) is 0 Å². The summed E-state index contributed by atoms with van der Waals surface area (Å²) in [6.45, 7) is 4.14. The van der Waals surface area contributed by atoms with Crippen LogP contribution in [-0.2, 0) is 6.42 Å². The molecule has 0 aliphatic rings. The minimum Gasteiger partial charge on any atom is -0.324 e. The van der Waals surface area contributed by atoms with Crippen molar-refractivity contribution in [2.45, 2.75) is 26.3 Å². The first-order chi connectivity index (χ1) is 8.56. The highest BCUT2D eigenvalue weighted by molar-refractivity contribution is 6.30. The quantitative estimate of drug-likeness (QED) is 0.878. The Kier molecular flexibility index (Phi) is 4.05. The van der Waals surface area contributed by atoms with Gasteiger partial charge in [0.25, 0.3) is 0 Å². The van der Waals surface area contributed by atoms with Gasteiger partial charge >= 0.3 is 0 Å². The summed E-state index contributed by atoms with van der Waals surface area (Å²) in [6.07, 6.45) is 0.850. The molecule has 94 valence electrons. The predicted molar refractivity (Wildman–Crippen MR) is 78.0 cm³/mol. The van der Waals surface area contributed by atoms with Crippen LogP contribution in [0, 0.1) is 13.8 Å². The van der Waals surface area contributed by atoms with Crippen molar-refractivity contribution in [1.82, 2.24) is 0 Å². The number of rotatable bonds is 3. The maximum atomic E-state index is 6.27. The predicted octanol–water partition coefficient (Wildman–Crippen LogP) is 4.20. The molecule has 0 aliphatic carbocycles. The summed E-state index contributed by atoms with van der Waals surface area (Å²) in [6, 6.07) is 14.4. The third-order valence-corrected chi connectivity index (χ3v) is 3.44. The maximum absolute atomic E-state index is 6.27. The molecule has 0 radical (unpaired) electrons. The molecule has 0 saturated heterocycles. The molecule has 1 unspecified atom stereocenters. The number of nitrogens with two attached hydrogens (primary N) is 1. The summed E-state index contributed by atoms with van der Waals surface area (Å²) in [5, 5.41) is 0.763. The van der Waals surface area contributed by atoms with E-state index >= 15 is 0 Å². The second-order valence-corrected chi connectivity index (χ2v) is 5.23. The molecular weight excluding hydrogens is 242 g/mol. The molecule has 0 bridgehead atoms. The second-order valence-electron chi connectivity index (χ2n) is 4.80. The Hall–Kier alpha value is -1.31. The molecule has 1 nitrogen and oxygen atoms in total. The molecule has 18 heavy (non-hydrogen) atoms. The molecule has 2 N–H and O–H groups in total. The topological polar surface area (TPSA) is 26.0 Å². The highest BCUT2D eigenvalue weighted by Gasteiger charge is 2.10. The van der Waals surface area contributed by atoms with Gasteiger partial charge in [-0.05, 0) is 49.1 Å². The molecule has 2 heteroatoms. The largest absolute Gasteiger partial charge is 0.324 e. The lowest BCUT2D eigenvalue weighted by Crippen LogP contribution is -2.14. The Labute approximate surface area is 114 Å². The van der Waals surface area contributed by atoms with Gasteiger partial charge in [-0.25, -0.2) is 0 Å². The first-order valence-corrected chi connectivity index (χ1v) is 6.51. The van der Waals surface area contributed by atoms with E-state index in [0.717, 1.165) is 17.0 Å². The van der Waals surface area contributed by atoms with E-state index in [2.05, 4.69) is 38.1 Å². The van der Waals surface area contributed by atoms with E-state index in [1.54, 1.807) is 0 Å². The van der Waals surface area contributed by atoms with E-state index in [-0.39, 0.29) is 6.04 Å². The van der Waals surface area contributed by atoms with E-state index in [1.807, 2.05) is 18.2 Å². The van der Waals surface area contributed by atoms with Gasteiger partial charge in [0.15, 0.2) is 0 Å². The first kappa shape index (κ1) is 13.1. The molecule has 2 aromatic rings. The lowest BCUT2D eigenvalue weighted by Gasteiger charge is -2.15. The number of benzene rings is 2. The minimum atomic E-state index is 0.0185. The third kappa shape index (κ3) is 3.12. The molecule has 0 amide bonds. The van der Waals surface area contributed by atoms with Crippen LogP contribution in [0.5, 0.6) is 0 Å². The van der Waals surface area contributed by atoms with E-state index < -0.39 is 0 Å². The fourth-order valence-corrected chi connectivity index (χ4v) is 2.37. The molecule has 0 spiro atoms. The van der Waals surface area contributed by atoms with Gasteiger partial charge in [0.2, 0.25) is 0 Å². The van der Waals surface area contributed by atoms with Crippen molar-refractivity contribution < 1.29 is 0 Å². The van der Waals surface area contributed by atoms with Crippen molar-refractivity contribution >= 4 is 11.6 Å². The minimum absolute atomic E-state index is 0.0185. The summed E-state index contributed by atoms with van der Waals surface area (Å²) in [4.78, 5) is 0. The number of aryl methyl sites for hydroxylation is 2. The third-order valence-electron chi connectivity index (χ3n) is 3.21. The summed E-state index contributed by atoms with van der Waals surface area (Å²) in [5.74, 6) is 0. The Bertz CT molecular complexity index is 531. The fourth-order valence-electron chi connectivity index (χ4n) is 2.14. The van der Waals surface area contributed by atoms with Crippen molar-refractivity contribution in [3.05, 3.63) is 69.7 Å². The van der Waals surface area contributed by atoms with Gasteiger partial charge in [-0.1, -0.05) is 47.5 Å². The van der Waals surface area contributed by atoms with Gasteiger partial charge in [-0.3, -0.25) is 0 Å². The molecule has 0 aromatic heterocycles. The van der Waals surface area contributed by atoms with E-state index in [1.165, 1.54) is 16.7 Å². The van der Waals surface area contributed by atoms with Crippen LogP contribution in [-0.4, -0.2) is 0 Å². The number of hydrogen-bond donors (Lipinski definition) is 1. The van der Waals surface area contributed by atoms with E-state index in [0.29, 0.717) is 0 Å². The normalized spacial score (nSPS) is 12.4. The molecule has 0 fully saturated rings. The Morgan fingerprint density at radius 3 is 2.33 bits per heavy atom. The molecule has 2 rings (SSSR count). The zero-order valence-electron chi connectivity index (χ0n) is 10.8. The van der Waals surface area contributed by atoms with Crippen LogP contribution in [0.15, 0.2) is 42.5 Å². The van der Waals surface area contributed by atoms with Gasteiger partial charge < -0.3 is 5.73 Å². The van der Waals surface area contributed by atoms with Crippen LogP contribution in [0.2, 0.25) is 5.02 Å². The van der Waals surface area contributed by atoms with Crippen LogP contribution in [0.1, 0.15) is 28.3 Å². The van der Waals surface area contributed by atoms with Gasteiger partial charge in [-0.2, -0.15) is 0 Å².